The Labute approximate surface area is 109 Å². The molecular weight excluding hydrogens is 286 g/mol. The lowest BCUT2D eigenvalue weighted by Crippen LogP contribution is -2.41. The summed E-state index contributed by atoms with van der Waals surface area (Å²) in [6.45, 7) is 0.384. The van der Waals surface area contributed by atoms with Crippen LogP contribution in [-0.2, 0) is 0 Å². The molecule has 1 aliphatic carbocycles. The second kappa shape index (κ2) is 4.82. The summed E-state index contributed by atoms with van der Waals surface area (Å²) in [7, 11) is 1.71. The third kappa shape index (κ3) is 2.90. The van der Waals surface area contributed by atoms with E-state index in [1.165, 1.54) is 6.26 Å². The highest BCUT2D eigenvalue weighted by atomic mass is 79.9. The van der Waals surface area contributed by atoms with Gasteiger partial charge in [-0.2, -0.15) is 0 Å². The molecule has 1 fully saturated rings. The van der Waals surface area contributed by atoms with Crippen molar-refractivity contribution in [3.8, 4) is 0 Å². The minimum atomic E-state index is -0.703. The van der Waals surface area contributed by atoms with Gasteiger partial charge in [-0.1, -0.05) is 12.8 Å². The fourth-order valence-corrected chi connectivity index (χ4v) is 2.69. The first kappa shape index (κ1) is 12.6. The summed E-state index contributed by atoms with van der Waals surface area (Å²) in [6.07, 6.45) is 5.05. The molecule has 1 N–H and O–H groups in total. The van der Waals surface area contributed by atoms with Crippen LogP contribution in [0.4, 0.5) is 0 Å². The third-order valence-electron chi connectivity index (χ3n) is 3.23. The molecule has 1 saturated carbocycles. The molecule has 0 aliphatic heterocycles. The summed E-state index contributed by atoms with van der Waals surface area (Å²) in [5.74, 6) is -0.125. The van der Waals surface area contributed by atoms with Crippen molar-refractivity contribution in [3.63, 3.8) is 0 Å². The molecule has 0 spiro atoms. The molecule has 2 rings (SSSR count). The first-order valence-corrected chi connectivity index (χ1v) is 6.51. The molecule has 1 amide bonds. The van der Waals surface area contributed by atoms with Crippen molar-refractivity contribution >= 4 is 21.8 Å². The Morgan fingerprint density at radius 3 is 2.76 bits per heavy atom. The van der Waals surface area contributed by atoms with Crippen LogP contribution in [0, 0.1) is 0 Å². The first-order chi connectivity index (χ1) is 8.00. The molecule has 0 radical (unpaired) electrons. The number of hydrogen-bond acceptors (Lipinski definition) is 3. The van der Waals surface area contributed by atoms with Crippen molar-refractivity contribution < 1.29 is 14.3 Å². The average Bonchev–Trinajstić information content (AvgIpc) is 2.86. The standard InChI is InChI=1S/C12H16BrNO3/c1-14(8-12(16)4-2-3-5-12)11(15)9-6-10(13)17-7-9/h6-7,16H,2-5,8H2,1H3. The summed E-state index contributed by atoms with van der Waals surface area (Å²) in [6, 6.07) is 1.64. The topological polar surface area (TPSA) is 53.7 Å². The average molecular weight is 302 g/mol. The molecule has 0 atom stereocenters. The molecule has 0 bridgehead atoms. The van der Waals surface area contributed by atoms with E-state index in [4.69, 9.17) is 4.42 Å². The van der Waals surface area contributed by atoms with Crippen molar-refractivity contribution in [1.82, 2.24) is 4.90 Å². The lowest BCUT2D eigenvalue weighted by Gasteiger charge is -2.28. The smallest absolute Gasteiger partial charge is 0.256 e. The van der Waals surface area contributed by atoms with Gasteiger partial charge in [-0.15, -0.1) is 0 Å². The van der Waals surface area contributed by atoms with Crippen LogP contribution < -0.4 is 0 Å². The number of halogens is 1. The summed E-state index contributed by atoms with van der Waals surface area (Å²) in [5, 5.41) is 10.2. The third-order valence-corrected chi connectivity index (χ3v) is 3.64. The maximum absolute atomic E-state index is 12.0. The van der Waals surface area contributed by atoms with Gasteiger partial charge in [-0.3, -0.25) is 4.79 Å². The van der Waals surface area contributed by atoms with Crippen LogP contribution in [0.5, 0.6) is 0 Å². The Morgan fingerprint density at radius 2 is 2.24 bits per heavy atom. The zero-order valence-electron chi connectivity index (χ0n) is 9.78. The highest BCUT2D eigenvalue weighted by molar-refractivity contribution is 9.10. The van der Waals surface area contributed by atoms with Gasteiger partial charge in [0, 0.05) is 19.7 Å². The number of likely N-dealkylation sites (N-methyl/N-ethyl adjacent to an activating group) is 1. The van der Waals surface area contributed by atoms with Crippen molar-refractivity contribution in [2.45, 2.75) is 31.3 Å². The first-order valence-electron chi connectivity index (χ1n) is 5.72. The molecule has 0 aromatic carbocycles. The second-order valence-corrected chi connectivity index (χ2v) is 5.51. The van der Waals surface area contributed by atoms with Crippen molar-refractivity contribution in [2.75, 3.05) is 13.6 Å². The van der Waals surface area contributed by atoms with Gasteiger partial charge in [-0.25, -0.2) is 0 Å². The number of aliphatic hydroxyl groups is 1. The van der Waals surface area contributed by atoms with Crippen LogP contribution >= 0.6 is 15.9 Å². The zero-order chi connectivity index (χ0) is 12.5. The second-order valence-electron chi connectivity index (χ2n) is 4.73. The molecule has 0 unspecified atom stereocenters. The number of amides is 1. The van der Waals surface area contributed by atoms with Crippen molar-refractivity contribution in [2.24, 2.45) is 0 Å². The molecule has 94 valence electrons. The lowest BCUT2D eigenvalue weighted by atomic mass is 10.0. The van der Waals surface area contributed by atoms with Gasteiger partial charge in [0.15, 0.2) is 4.67 Å². The van der Waals surface area contributed by atoms with Gasteiger partial charge in [0.2, 0.25) is 0 Å². The molecule has 1 aromatic rings. The van der Waals surface area contributed by atoms with Crippen LogP contribution in [0.1, 0.15) is 36.0 Å². The SMILES string of the molecule is CN(CC1(O)CCCC1)C(=O)c1coc(Br)c1. The summed E-state index contributed by atoms with van der Waals surface area (Å²) in [4.78, 5) is 13.6. The van der Waals surface area contributed by atoms with Gasteiger partial charge in [-0.05, 0) is 28.8 Å². The normalized spacial score (nSPS) is 18.3. The van der Waals surface area contributed by atoms with Gasteiger partial charge >= 0.3 is 0 Å². The molecule has 5 heteroatoms. The van der Waals surface area contributed by atoms with Crippen LogP contribution in [-0.4, -0.2) is 35.1 Å². The maximum atomic E-state index is 12.0. The van der Waals surface area contributed by atoms with E-state index < -0.39 is 5.60 Å². The fraction of sp³-hybridized carbons (Fsp3) is 0.583. The Bertz CT molecular complexity index is 410. The number of nitrogens with zero attached hydrogens (tertiary/aromatic N) is 1. The van der Waals surface area contributed by atoms with Crippen LogP contribution in [0.25, 0.3) is 0 Å². The molecule has 1 aliphatic rings. The minimum absolute atomic E-state index is 0.125. The monoisotopic (exact) mass is 301 g/mol. The number of furan rings is 1. The van der Waals surface area contributed by atoms with Crippen LogP contribution in [0.2, 0.25) is 0 Å². The highest BCUT2D eigenvalue weighted by Crippen LogP contribution is 2.30. The molecule has 17 heavy (non-hydrogen) atoms. The number of carbonyl (C=O) groups excluding carboxylic acids is 1. The molecule has 1 heterocycles. The van der Waals surface area contributed by atoms with Crippen molar-refractivity contribution in [3.05, 3.63) is 22.6 Å². The Kier molecular flexibility index (Phi) is 3.58. The van der Waals surface area contributed by atoms with E-state index in [9.17, 15) is 9.90 Å². The largest absolute Gasteiger partial charge is 0.457 e. The minimum Gasteiger partial charge on any atom is -0.457 e. The summed E-state index contributed by atoms with van der Waals surface area (Å²) in [5.41, 5.74) is -0.202. The Morgan fingerprint density at radius 1 is 1.59 bits per heavy atom. The molecular formula is C12H16BrNO3. The Balaban J connectivity index is 2.00. The van der Waals surface area contributed by atoms with E-state index in [2.05, 4.69) is 15.9 Å². The molecule has 4 nitrogen and oxygen atoms in total. The fourth-order valence-electron chi connectivity index (χ4n) is 2.35. The predicted molar refractivity (Wildman–Crippen MR) is 66.8 cm³/mol. The van der Waals surface area contributed by atoms with E-state index in [1.807, 2.05) is 0 Å². The zero-order valence-corrected chi connectivity index (χ0v) is 11.4. The number of hydrogen-bond donors (Lipinski definition) is 1. The summed E-state index contributed by atoms with van der Waals surface area (Å²) < 4.78 is 5.57. The maximum Gasteiger partial charge on any atom is 0.256 e. The van der Waals surface area contributed by atoms with E-state index >= 15 is 0 Å². The van der Waals surface area contributed by atoms with Crippen LogP contribution in [0.3, 0.4) is 0 Å². The molecule has 0 saturated heterocycles. The lowest BCUT2D eigenvalue weighted by molar-refractivity contribution is 0.0156. The molecule has 1 aromatic heterocycles. The predicted octanol–water partition coefficient (Wildman–Crippen LogP) is 2.42. The van der Waals surface area contributed by atoms with Crippen LogP contribution in [0.15, 0.2) is 21.4 Å². The van der Waals surface area contributed by atoms with E-state index in [0.717, 1.165) is 25.7 Å². The van der Waals surface area contributed by atoms with Gasteiger partial charge in [0.05, 0.1) is 11.2 Å². The van der Waals surface area contributed by atoms with Crippen molar-refractivity contribution in [1.29, 1.82) is 0 Å². The van der Waals surface area contributed by atoms with Gasteiger partial charge in [0.1, 0.15) is 6.26 Å². The quantitative estimate of drug-likeness (QED) is 0.933. The van der Waals surface area contributed by atoms with Gasteiger partial charge in [0.25, 0.3) is 5.91 Å². The highest BCUT2D eigenvalue weighted by Gasteiger charge is 2.33. The Hall–Kier alpha value is -0.810. The summed E-state index contributed by atoms with van der Waals surface area (Å²) >= 11 is 3.16. The van der Waals surface area contributed by atoms with Gasteiger partial charge < -0.3 is 14.4 Å². The van der Waals surface area contributed by atoms with E-state index in [-0.39, 0.29) is 5.91 Å². The van der Waals surface area contributed by atoms with E-state index in [1.54, 1.807) is 18.0 Å². The van der Waals surface area contributed by atoms with E-state index in [0.29, 0.717) is 16.8 Å². The number of rotatable bonds is 3. The number of carbonyl (C=O) groups is 1.